The molecule has 9 heteroatoms. The van der Waals surface area contributed by atoms with Gasteiger partial charge >= 0.3 is 0 Å². The molecule has 9 nitrogen and oxygen atoms in total. The first kappa shape index (κ1) is 27.2. The van der Waals surface area contributed by atoms with Gasteiger partial charge in [0.2, 0.25) is 0 Å². The Balaban J connectivity index is 1.83. The van der Waals surface area contributed by atoms with E-state index in [1.807, 2.05) is 39.0 Å². The SMILES string of the molecule is CCOc1ccc([C@@H](C)NC(=O)/C(=C/c2ccco2)NC(=O)c2ccc(OC)c(OC)c2)cc1OCC. The van der Waals surface area contributed by atoms with E-state index in [2.05, 4.69) is 10.6 Å². The predicted molar refractivity (Wildman–Crippen MR) is 139 cm³/mol. The van der Waals surface area contributed by atoms with E-state index in [0.29, 0.717) is 42.0 Å². The average Bonchev–Trinajstić information content (AvgIpc) is 3.42. The fraction of sp³-hybridized carbons (Fsp3) is 0.286. The number of furan rings is 1. The van der Waals surface area contributed by atoms with Gasteiger partial charge in [0.25, 0.3) is 11.8 Å². The molecule has 196 valence electrons. The molecule has 1 atom stereocenters. The number of carbonyl (C=O) groups is 2. The maximum Gasteiger partial charge on any atom is 0.268 e. The van der Waals surface area contributed by atoms with Crippen LogP contribution >= 0.6 is 0 Å². The molecule has 1 aromatic heterocycles. The number of nitrogens with one attached hydrogen (secondary N) is 2. The Kier molecular flexibility index (Phi) is 9.60. The maximum absolute atomic E-state index is 13.3. The highest BCUT2D eigenvalue weighted by Crippen LogP contribution is 2.31. The monoisotopic (exact) mass is 508 g/mol. The van der Waals surface area contributed by atoms with Gasteiger partial charge in [-0.3, -0.25) is 9.59 Å². The normalized spacial score (nSPS) is 11.9. The van der Waals surface area contributed by atoms with Crippen molar-refractivity contribution in [2.24, 2.45) is 0 Å². The minimum Gasteiger partial charge on any atom is -0.493 e. The van der Waals surface area contributed by atoms with E-state index in [-0.39, 0.29) is 11.3 Å². The second-order valence-corrected chi connectivity index (χ2v) is 7.86. The van der Waals surface area contributed by atoms with Crippen LogP contribution in [-0.2, 0) is 4.79 Å². The number of benzene rings is 2. The molecule has 0 aliphatic carbocycles. The standard InChI is InChI=1S/C28H32N2O7/c1-6-35-24-13-10-19(15-26(24)36-7-2)18(3)29-28(32)22(17-21-9-8-14-37-21)30-27(31)20-11-12-23(33-4)25(16-20)34-5/h8-18H,6-7H2,1-5H3,(H,29,32)(H,30,31)/b22-17-/t18-/m1/s1. The van der Waals surface area contributed by atoms with Crippen LogP contribution in [0.3, 0.4) is 0 Å². The molecule has 0 spiro atoms. The molecule has 3 aromatic rings. The quantitative estimate of drug-likeness (QED) is 0.340. The molecule has 0 unspecified atom stereocenters. The van der Waals surface area contributed by atoms with E-state index in [9.17, 15) is 9.59 Å². The number of methoxy groups -OCH3 is 2. The number of hydrogen-bond donors (Lipinski definition) is 2. The first-order chi connectivity index (χ1) is 17.9. The molecule has 0 aliphatic heterocycles. The largest absolute Gasteiger partial charge is 0.493 e. The summed E-state index contributed by atoms with van der Waals surface area (Å²) in [6.45, 7) is 6.61. The predicted octanol–water partition coefficient (Wildman–Crippen LogP) is 4.74. The zero-order chi connectivity index (χ0) is 26.8. The van der Waals surface area contributed by atoms with Crippen LogP contribution in [-0.4, -0.2) is 39.2 Å². The number of ether oxygens (including phenoxy) is 4. The van der Waals surface area contributed by atoms with Gasteiger partial charge in [-0.25, -0.2) is 0 Å². The van der Waals surface area contributed by atoms with Crippen molar-refractivity contribution in [3.63, 3.8) is 0 Å². The van der Waals surface area contributed by atoms with E-state index in [0.717, 1.165) is 5.56 Å². The summed E-state index contributed by atoms with van der Waals surface area (Å²) in [5.41, 5.74) is 1.11. The molecule has 3 rings (SSSR count). The van der Waals surface area contributed by atoms with Gasteiger partial charge in [-0.1, -0.05) is 6.07 Å². The van der Waals surface area contributed by atoms with Crippen molar-refractivity contribution in [3.05, 3.63) is 77.4 Å². The topological polar surface area (TPSA) is 108 Å². The second-order valence-electron chi connectivity index (χ2n) is 7.86. The molecule has 0 bridgehead atoms. The lowest BCUT2D eigenvalue weighted by molar-refractivity contribution is -0.118. The molecule has 2 amide bonds. The summed E-state index contributed by atoms with van der Waals surface area (Å²) in [6.07, 6.45) is 2.94. The van der Waals surface area contributed by atoms with E-state index in [4.69, 9.17) is 23.4 Å². The summed E-state index contributed by atoms with van der Waals surface area (Å²) in [4.78, 5) is 26.3. The fourth-order valence-electron chi connectivity index (χ4n) is 3.54. The molecule has 0 saturated carbocycles. The Morgan fingerprint density at radius 3 is 2.27 bits per heavy atom. The van der Waals surface area contributed by atoms with E-state index in [1.165, 1.54) is 32.6 Å². The number of carbonyl (C=O) groups excluding carboxylic acids is 2. The maximum atomic E-state index is 13.3. The van der Waals surface area contributed by atoms with Crippen LogP contribution in [0.25, 0.3) is 6.08 Å². The highest BCUT2D eigenvalue weighted by atomic mass is 16.5. The third-order valence-corrected chi connectivity index (χ3v) is 5.38. The molecule has 2 aromatic carbocycles. The summed E-state index contributed by atoms with van der Waals surface area (Å²) in [6, 6.07) is 13.2. The van der Waals surface area contributed by atoms with Gasteiger partial charge in [0.05, 0.1) is 39.7 Å². The molecule has 1 heterocycles. The smallest absolute Gasteiger partial charge is 0.268 e. The minimum absolute atomic E-state index is 0.0116. The van der Waals surface area contributed by atoms with Crippen molar-refractivity contribution in [1.29, 1.82) is 0 Å². The molecule has 37 heavy (non-hydrogen) atoms. The zero-order valence-corrected chi connectivity index (χ0v) is 21.6. The molecular weight excluding hydrogens is 476 g/mol. The highest BCUT2D eigenvalue weighted by molar-refractivity contribution is 6.05. The molecule has 2 N–H and O–H groups in total. The average molecular weight is 509 g/mol. The van der Waals surface area contributed by atoms with Crippen molar-refractivity contribution in [1.82, 2.24) is 10.6 Å². The molecular formula is C28H32N2O7. The Morgan fingerprint density at radius 1 is 0.919 bits per heavy atom. The summed E-state index contributed by atoms with van der Waals surface area (Å²) >= 11 is 0. The lowest BCUT2D eigenvalue weighted by Crippen LogP contribution is -2.36. The Bertz CT molecular complexity index is 1240. The first-order valence-corrected chi connectivity index (χ1v) is 11.9. The Hall–Kier alpha value is -4.40. The summed E-state index contributed by atoms with van der Waals surface area (Å²) in [7, 11) is 2.99. The van der Waals surface area contributed by atoms with Crippen LogP contribution in [0.15, 0.2) is 64.9 Å². The van der Waals surface area contributed by atoms with Crippen LogP contribution < -0.4 is 29.6 Å². The highest BCUT2D eigenvalue weighted by Gasteiger charge is 2.20. The number of amides is 2. The van der Waals surface area contributed by atoms with Crippen molar-refractivity contribution >= 4 is 17.9 Å². The van der Waals surface area contributed by atoms with Gasteiger partial charge in [0.1, 0.15) is 11.5 Å². The van der Waals surface area contributed by atoms with Crippen LogP contribution in [0.2, 0.25) is 0 Å². The van der Waals surface area contributed by atoms with E-state index < -0.39 is 17.9 Å². The van der Waals surface area contributed by atoms with Crippen LogP contribution in [0.4, 0.5) is 0 Å². The van der Waals surface area contributed by atoms with Crippen molar-refractivity contribution < 1.29 is 33.0 Å². The van der Waals surface area contributed by atoms with Gasteiger partial charge < -0.3 is 34.0 Å². The van der Waals surface area contributed by atoms with Crippen molar-refractivity contribution in [2.45, 2.75) is 26.8 Å². The van der Waals surface area contributed by atoms with Crippen molar-refractivity contribution in [2.75, 3.05) is 27.4 Å². The Labute approximate surface area is 216 Å². The molecule has 0 aliphatic rings. The van der Waals surface area contributed by atoms with E-state index >= 15 is 0 Å². The molecule has 0 radical (unpaired) electrons. The number of hydrogen-bond acceptors (Lipinski definition) is 7. The first-order valence-electron chi connectivity index (χ1n) is 11.9. The van der Waals surface area contributed by atoms with Gasteiger partial charge in [-0.15, -0.1) is 0 Å². The minimum atomic E-state index is -0.499. The molecule has 0 fully saturated rings. The van der Waals surface area contributed by atoms with E-state index in [1.54, 1.807) is 24.3 Å². The third kappa shape index (κ3) is 7.07. The summed E-state index contributed by atoms with van der Waals surface area (Å²) < 4.78 is 27.2. The van der Waals surface area contributed by atoms with Gasteiger partial charge in [-0.2, -0.15) is 0 Å². The molecule has 0 saturated heterocycles. The second kappa shape index (κ2) is 13.1. The van der Waals surface area contributed by atoms with Gasteiger partial charge in [-0.05, 0) is 68.8 Å². The van der Waals surface area contributed by atoms with Crippen LogP contribution in [0, 0.1) is 0 Å². The fourth-order valence-corrected chi connectivity index (χ4v) is 3.54. The third-order valence-electron chi connectivity index (χ3n) is 5.38. The van der Waals surface area contributed by atoms with Crippen LogP contribution in [0.5, 0.6) is 23.0 Å². The number of rotatable bonds is 12. The van der Waals surface area contributed by atoms with Crippen molar-refractivity contribution in [3.8, 4) is 23.0 Å². The lowest BCUT2D eigenvalue weighted by Gasteiger charge is -2.19. The van der Waals surface area contributed by atoms with Crippen LogP contribution in [0.1, 0.15) is 48.5 Å². The summed E-state index contributed by atoms with van der Waals surface area (Å²) in [5.74, 6) is 1.52. The summed E-state index contributed by atoms with van der Waals surface area (Å²) in [5, 5.41) is 5.61. The van der Waals surface area contributed by atoms with Gasteiger partial charge in [0.15, 0.2) is 23.0 Å². The Morgan fingerprint density at radius 2 is 1.62 bits per heavy atom. The zero-order valence-electron chi connectivity index (χ0n) is 21.6. The van der Waals surface area contributed by atoms with Gasteiger partial charge in [0, 0.05) is 11.6 Å². The lowest BCUT2D eigenvalue weighted by atomic mass is 10.1.